The molecule has 24 heavy (non-hydrogen) atoms. The van der Waals surface area contributed by atoms with Gasteiger partial charge in [0.25, 0.3) is 5.91 Å². The largest absolute Gasteiger partial charge is 0.459 e. The summed E-state index contributed by atoms with van der Waals surface area (Å²) in [5.41, 5.74) is 0.724. The van der Waals surface area contributed by atoms with Gasteiger partial charge in [-0.1, -0.05) is 36.4 Å². The first-order valence-corrected chi connectivity index (χ1v) is 7.08. The quantitative estimate of drug-likeness (QED) is 0.790. The number of rotatable bonds is 7. The Morgan fingerprint density at radius 3 is 2.38 bits per heavy atom. The highest BCUT2D eigenvalue weighted by Crippen LogP contribution is 2.20. The molecule has 2 rings (SSSR count). The normalized spacial score (nSPS) is 10.3. The molecule has 1 amide bonds. The number of nitrogens with one attached hydrogen (secondary N) is 1. The Bertz CT molecular complexity index is 692. The number of amides is 1. The second-order valence-corrected chi connectivity index (χ2v) is 4.70. The number of alkyl halides is 2. The van der Waals surface area contributed by atoms with Crippen molar-refractivity contribution in [3.63, 3.8) is 0 Å². The Balaban J connectivity index is 1.82. The minimum atomic E-state index is -2.97. The first-order valence-electron chi connectivity index (χ1n) is 7.08. The Morgan fingerprint density at radius 1 is 1.00 bits per heavy atom. The lowest BCUT2D eigenvalue weighted by Crippen LogP contribution is -2.30. The lowest BCUT2D eigenvalue weighted by Gasteiger charge is -2.11. The fourth-order valence-corrected chi connectivity index (χ4v) is 1.89. The molecule has 0 radical (unpaired) electrons. The molecule has 2 aromatic carbocycles. The van der Waals surface area contributed by atoms with Crippen molar-refractivity contribution in [2.24, 2.45) is 0 Å². The molecule has 0 fully saturated rings. The van der Waals surface area contributed by atoms with Crippen LogP contribution in [0.5, 0.6) is 5.75 Å². The number of para-hydroxylation sites is 1. The number of esters is 1. The molecule has 0 aliphatic carbocycles. The van der Waals surface area contributed by atoms with Gasteiger partial charge in [0.1, 0.15) is 18.9 Å². The maximum atomic E-state index is 12.3. The summed E-state index contributed by atoms with van der Waals surface area (Å²) in [5, 5.41) is 2.42. The van der Waals surface area contributed by atoms with Crippen LogP contribution < -0.4 is 10.1 Å². The predicted molar refractivity (Wildman–Crippen MR) is 81.6 cm³/mol. The third-order valence-corrected chi connectivity index (χ3v) is 3.01. The van der Waals surface area contributed by atoms with E-state index >= 15 is 0 Å². The van der Waals surface area contributed by atoms with E-state index in [1.807, 2.05) is 0 Å². The Hall–Kier alpha value is -2.96. The summed E-state index contributed by atoms with van der Waals surface area (Å²) in [4.78, 5) is 23.4. The molecule has 0 aliphatic rings. The van der Waals surface area contributed by atoms with Crippen LogP contribution in [0, 0.1) is 0 Å². The number of ether oxygens (including phenoxy) is 2. The molecule has 5 nitrogen and oxygen atoms in total. The fraction of sp³-hybridized carbons (Fsp3) is 0.176. The van der Waals surface area contributed by atoms with Crippen LogP contribution in [0.4, 0.5) is 8.78 Å². The summed E-state index contributed by atoms with van der Waals surface area (Å²) in [6.07, 6.45) is 0. The fourth-order valence-electron chi connectivity index (χ4n) is 1.89. The Kier molecular flexibility index (Phi) is 6.24. The van der Waals surface area contributed by atoms with Gasteiger partial charge in [-0.3, -0.25) is 9.59 Å². The van der Waals surface area contributed by atoms with E-state index in [4.69, 9.17) is 4.74 Å². The third-order valence-electron chi connectivity index (χ3n) is 3.01. The molecular weight excluding hydrogens is 320 g/mol. The van der Waals surface area contributed by atoms with E-state index in [0.717, 1.165) is 0 Å². The molecule has 0 aliphatic heterocycles. The molecule has 0 heterocycles. The van der Waals surface area contributed by atoms with Crippen molar-refractivity contribution in [3.05, 3.63) is 65.7 Å². The average Bonchev–Trinajstić information content (AvgIpc) is 2.59. The Morgan fingerprint density at radius 2 is 1.67 bits per heavy atom. The SMILES string of the molecule is O=C(CNC(=O)c1ccccc1)OCc1ccccc1OC(F)F. The van der Waals surface area contributed by atoms with Crippen LogP contribution in [-0.2, 0) is 16.1 Å². The summed E-state index contributed by atoms with van der Waals surface area (Å²) < 4.78 is 33.9. The zero-order valence-corrected chi connectivity index (χ0v) is 12.6. The maximum absolute atomic E-state index is 12.3. The molecule has 0 saturated heterocycles. The van der Waals surface area contributed by atoms with Gasteiger partial charge >= 0.3 is 12.6 Å². The number of hydrogen-bond acceptors (Lipinski definition) is 4. The number of carbonyl (C=O) groups excluding carboxylic acids is 2. The van der Waals surface area contributed by atoms with Crippen molar-refractivity contribution >= 4 is 11.9 Å². The smallest absolute Gasteiger partial charge is 0.387 e. The summed E-state index contributed by atoms with van der Waals surface area (Å²) in [5.74, 6) is -1.16. The van der Waals surface area contributed by atoms with Crippen molar-refractivity contribution in [1.29, 1.82) is 0 Å². The van der Waals surface area contributed by atoms with Gasteiger partial charge in [-0.25, -0.2) is 0 Å². The molecule has 126 valence electrons. The molecule has 0 atom stereocenters. The van der Waals surface area contributed by atoms with E-state index in [1.54, 1.807) is 36.4 Å². The molecule has 0 spiro atoms. The van der Waals surface area contributed by atoms with Gasteiger partial charge in [0.2, 0.25) is 0 Å². The van der Waals surface area contributed by atoms with Gasteiger partial charge < -0.3 is 14.8 Å². The van der Waals surface area contributed by atoms with Crippen molar-refractivity contribution in [3.8, 4) is 5.75 Å². The lowest BCUT2D eigenvalue weighted by molar-refractivity contribution is -0.143. The summed E-state index contributed by atoms with van der Waals surface area (Å²) in [7, 11) is 0. The molecule has 7 heteroatoms. The van der Waals surface area contributed by atoms with E-state index in [1.165, 1.54) is 18.2 Å². The number of carbonyl (C=O) groups is 2. The van der Waals surface area contributed by atoms with E-state index in [2.05, 4.69) is 10.1 Å². The highest BCUT2D eigenvalue weighted by molar-refractivity contribution is 5.95. The molecule has 0 saturated carbocycles. The topological polar surface area (TPSA) is 64.6 Å². The zero-order chi connectivity index (χ0) is 17.4. The van der Waals surface area contributed by atoms with Crippen LogP contribution in [0.3, 0.4) is 0 Å². The predicted octanol–water partition coefficient (Wildman–Crippen LogP) is 2.76. The Labute approximate surface area is 137 Å². The summed E-state index contributed by atoms with van der Waals surface area (Å²) in [6, 6.07) is 14.4. The van der Waals surface area contributed by atoms with Crippen molar-refractivity contribution in [1.82, 2.24) is 5.32 Å². The summed E-state index contributed by atoms with van der Waals surface area (Å²) >= 11 is 0. The van der Waals surface area contributed by atoms with Gasteiger partial charge in [0.15, 0.2) is 0 Å². The number of hydrogen-bond donors (Lipinski definition) is 1. The van der Waals surface area contributed by atoms with E-state index in [0.29, 0.717) is 11.1 Å². The van der Waals surface area contributed by atoms with Gasteiger partial charge in [0.05, 0.1) is 0 Å². The number of halogens is 2. The van der Waals surface area contributed by atoms with Crippen LogP contribution in [0.15, 0.2) is 54.6 Å². The minimum absolute atomic E-state index is 0.0615. The standard InChI is InChI=1S/C17H15F2NO4/c18-17(19)24-14-9-5-4-8-13(14)11-23-15(21)10-20-16(22)12-6-2-1-3-7-12/h1-9,17H,10-11H2,(H,20,22). The molecule has 0 aromatic heterocycles. The van der Waals surface area contributed by atoms with Gasteiger partial charge in [0, 0.05) is 11.1 Å². The summed E-state index contributed by atoms with van der Waals surface area (Å²) in [6.45, 7) is -3.53. The van der Waals surface area contributed by atoms with Gasteiger partial charge in [-0.15, -0.1) is 0 Å². The van der Waals surface area contributed by atoms with Crippen LogP contribution in [0.25, 0.3) is 0 Å². The highest BCUT2D eigenvalue weighted by Gasteiger charge is 2.12. The molecule has 0 unspecified atom stereocenters. The lowest BCUT2D eigenvalue weighted by atomic mass is 10.2. The maximum Gasteiger partial charge on any atom is 0.387 e. The third kappa shape index (κ3) is 5.35. The van der Waals surface area contributed by atoms with Crippen molar-refractivity contribution < 1.29 is 27.8 Å². The molecule has 1 N–H and O–H groups in total. The van der Waals surface area contributed by atoms with E-state index < -0.39 is 18.5 Å². The van der Waals surface area contributed by atoms with Crippen molar-refractivity contribution in [2.45, 2.75) is 13.2 Å². The van der Waals surface area contributed by atoms with Gasteiger partial charge in [-0.2, -0.15) is 8.78 Å². The monoisotopic (exact) mass is 335 g/mol. The zero-order valence-electron chi connectivity index (χ0n) is 12.6. The molecule has 2 aromatic rings. The van der Waals surface area contributed by atoms with Gasteiger partial charge in [-0.05, 0) is 18.2 Å². The second-order valence-electron chi connectivity index (χ2n) is 4.70. The molecule has 0 bridgehead atoms. The first-order chi connectivity index (χ1) is 11.6. The van der Waals surface area contributed by atoms with E-state index in [-0.39, 0.29) is 18.9 Å². The van der Waals surface area contributed by atoms with Crippen LogP contribution in [0.1, 0.15) is 15.9 Å². The van der Waals surface area contributed by atoms with Crippen LogP contribution in [-0.4, -0.2) is 25.0 Å². The average molecular weight is 335 g/mol. The molecular formula is C17H15F2NO4. The minimum Gasteiger partial charge on any atom is -0.459 e. The second kappa shape index (κ2) is 8.61. The first kappa shape index (κ1) is 17.4. The van der Waals surface area contributed by atoms with Crippen LogP contribution in [0.2, 0.25) is 0 Å². The number of benzene rings is 2. The van der Waals surface area contributed by atoms with Crippen LogP contribution >= 0.6 is 0 Å². The highest BCUT2D eigenvalue weighted by atomic mass is 19.3. The van der Waals surface area contributed by atoms with Crippen molar-refractivity contribution in [2.75, 3.05) is 6.54 Å². The van der Waals surface area contributed by atoms with E-state index in [9.17, 15) is 18.4 Å².